The molecule has 0 aliphatic carbocycles. The monoisotopic (exact) mass is 430 g/mol. The van der Waals surface area contributed by atoms with Gasteiger partial charge in [0.2, 0.25) is 0 Å². The van der Waals surface area contributed by atoms with Crippen LogP contribution < -0.4 is 9.47 Å². The van der Waals surface area contributed by atoms with Gasteiger partial charge in [0.1, 0.15) is 13.2 Å². The van der Waals surface area contributed by atoms with Crippen LogP contribution in [0.3, 0.4) is 0 Å². The van der Waals surface area contributed by atoms with E-state index in [-0.39, 0.29) is 18.4 Å². The molecule has 0 bridgehead atoms. The number of carbonyl (C=O) groups is 2. The fourth-order valence-electron chi connectivity index (χ4n) is 3.86. The number of nitrogens with zero attached hydrogens (tertiary/aromatic N) is 2. The van der Waals surface area contributed by atoms with Crippen LogP contribution in [0.15, 0.2) is 30.5 Å². The Bertz CT molecular complexity index is 957. The van der Waals surface area contributed by atoms with Gasteiger partial charge in [-0.1, -0.05) is 11.6 Å². The molecule has 1 fully saturated rings. The summed E-state index contributed by atoms with van der Waals surface area (Å²) in [5.41, 5.74) is 1.67. The second kappa shape index (κ2) is 8.92. The number of benzene rings is 1. The molecule has 30 heavy (non-hydrogen) atoms. The molecule has 0 N–H and O–H groups in total. The molecule has 0 atom stereocenters. The predicted molar refractivity (Wildman–Crippen MR) is 111 cm³/mol. The molecule has 4 rings (SSSR count). The fourth-order valence-corrected chi connectivity index (χ4v) is 4.02. The minimum Gasteiger partial charge on any atom is -0.486 e. The third-order valence-electron chi connectivity index (χ3n) is 5.34. The van der Waals surface area contributed by atoms with Crippen LogP contribution in [-0.4, -0.2) is 54.7 Å². The molecule has 158 valence electrons. The maximum Gasteiger partial charge on any atom is 0.340 e. The molecule has 0 spiro atoms. The van der Waals surface area contributed by atoms with Crippen LogP contribution in [0.25, 0.3) is 0 Å². The van der Waals surface area contributed by atoms with E-state index in [1.165, 1.54) is 0 Å². The van der Waals surface area contributed by atoms with E-state index in [4.69, 9.17) is 25.8 Å². The van der Waals surface area contributed by atoms with Crippen molar-refractivity contribution in [3.8, 4) is 11.5 Å². The number of piperidine rings is 1. The Labute approximate surface area is 179 Å². The maximum absolute atomic E-state index is 13.0. The first-order valence-electron chi connectivity index (χ1n) is 10.1. The van der Waals surface area contributed by atoms with Gasteiger partial charge in [-0.2, -0.15) is 0 Å². The van der Waals surface area contributed by atoms with E-state index in [9.17, 15) is 9.59 Å². The SMILES string of the molecule is CCOC(=O)c1cc(Cl)cnc1C1CCN(C(=O)c2ccc3c(c2)OCCO3)CC1. The molecule has 0 saturated carbocycles. The zero-order valence-electron chi connectivity index (χ0n) is 16.7. The lowest BCUT2D eigenvalue weighted by atomic mass is 9.90. The van der Waals surface area contributed by atoms with E-state index in [0.717, 1.165) is 0 Å². The molecule has 2 aliphatic heterocycles. The molecule has 1 aromatic carbocycles. The summed E-state index contributed by atoms with van der Waals surface area (Å²) in [7, 11) is 0. The number of esters is 1. The number of aromatic nitrogens is 1. The number of fused-ring (bicyclic) bond motifs is 1. The minimum atomic E-state index is -0.419. The van der Waals surface area contributed by atoms with E-state index in [1.54, 1.807) is 37.4 Å². The standard InChI is InChI=1S/C22H23ClN2O5/c1-2-28-22(27)17-12-16(23)13-24-20(17)14-5-7-25(8-6-14)21(26)15-3-4-18-19(11-15)30-10-9-29-18/h3-4,11-14H,2,5-10H2,1H3. The second-order valence-corrected chi connectivity index (χ2v) is 7.67. The Morgan fingerprint density at radius 1 is 1.17 bits per heavy atom. The topological polar surface area (TPSA) is 78.0 Å². The van der Waals surface area contributed by atoms with Crippen molar-refractivity contribution in [2.75, 3.05) is 32.9 Å². The average molecular weight is 431 g/mol. The van der Waals surface area contributed by atoms with Crippen LogP contribution in [0.5, 0.6) is 11.5 Å². The minimum absolute atomic E-state index is 0.0416. The molecule has 7 nitrogen and oxygen atoms in total. The van der Waals surface area contributed by atoms with Gasteiger partial charge < -0.3 is 19.1 Å². The van der Waals surface area contributed by atoms with Crippen LogP contribution in [0.1, 0.15) is 52.1 Å². The van der Waals surface area contributed by atoms with Crippen molar-refractivity contribution in [2.24, 2.45) is 0 Å². The van der Waals surface area contributed by atoms with Crippen molar-refractivity contribution in [1.82, 2.24) is 9.88 Å². The Balaban J connectivity index is 1.45. The van der Waals surface area contributed by atoms with Gasteiger partial charge in [-0.3, -0.25) is 9.78 Å². The van der Waals surface area contributed by atoms with Crippen LogP contribution >= 0.6 is 11.6 Å². The van der Waals surface area contributed by atoms with Gasteiger partial charge in [0.15, 0.2) is 11.5 Å². The van der Waals surface area contributed by atoms with Crippen LogP contribution in [0.4, 0.5) is 0 Å². The lowest BCUT2D eigenvalue weighted by Gasteiger charge is -2.32. The third kappa shape index (κ3) is 4.21. The largest absolute Gasteiger partial charge is 0.486 e. The molecule has 0 unspecified atom stereocenters. The number of likely N-dealkylation sites (tertiary alicyclic amines) is 1. The molecule has 1 amide bonds. The van der Waals surface area contributed by atoms with Gasteiger partial charge in [0.25, 0.3) is 5.91 Å². The number of pyridine rings is 1. The van der Waals surface area contributed by atoms with Gasteiger partial charge >= 0.3 is 5.97 Å². The molecule has 3 heterocycles. The highest BCUT2D eigenvalue weighted by atomic mass is 35.5. The lowest BCUT2D eigenvalue weighted by Crippen LogP contribution is -2.38. The summed E-state index contributed by atoms with van der Waals surface area (Å²) in [6.45, 7) is 4.19. The molecular formula is C22H23ClN2O5. The number of carbonyl (C=O) groups excluding carboxylic acids is 2. The Morgan fingerprint density at radius 3 is 2.63 bits per heavy atom. The number of rotatable bonds is 4. The zero-order valence-corrected chi connectivity index (χ0v) is 17.5. The van der Waals surface area contributed by atoms with E-state index in [2.05, 4.69) is 4.98 Å². The van der Waals surface area contributed by atoms with Gasteiger partial charge in [-0.15, -0.1) is 0 Å². The van der Waals surface area contributed by atoms with Crippen molar-refractivity contribution >= 4 is 23.5 Å². The summed E-state index contributed by atoms with van der Waals surface area (Å²) in [6.07, 6.45) is 2.96. The van der Waals surface area contributed by atoms with E-state index in [1.807, 2.05) is 4.90 Å². The molecular weight excluding hydrogens is 408 g/mol. The summed E-state index contributed by atoms with van der Waals surface area (Å²) in [4.78, 5) is 31.5. The highest BCUT2D eigenvalue weighted by molar-refractivity contribution is 6.30. The van der Waals surface area contributed by atoms with Crippen molar-refractivity contribution in [1.29, 1.82) is 0 Å². The highest BCUT2D eigenvalue weighted by Crippen LogP contribution is 2.33. The molecule has 2 aliphatic rings. The summed E-state index contributed by atoms with van der Waals surface area (Å²) < 4.78 is 16.3. The van der Waals surface area contributed by atoms with Crippen LogP contribution in [-0.2, 0) is 4.74 Å². The third-order valence-corrected chi connectivity index (χ3v) is 5.55. The average Bonchev–Trinajstić information content (AvgIpc) is 2.78. The summed E-state index contributed by atoms with van der Waals surface area (Å²) in [5, 5.41) is 0.396. The normalized spacial score (nSPS) is 16.3. The second-order valence-electron chi connectivity index (χ2n) is 7.23. The van der Waals surface area contributed by atoms with Gasteiger partial charge in [-0.05, 0) is 44.0 Å². The smallest absolute Gasteiger partial charge is 0.340 e. The highest BCUT2D eigenvalue weighted by Gasteiger charge is 2.29. The van der Waals surface area contributed by atoms with Crippen molar-refractivity contribution in [2.45, 2.75) is 25.7 Å². The lowest BCUT2D eigenvalue weighted by molar-refractivity contribution is 0.0521. The molecule has 2 aromatic rings. The molecule has 1 saturated heterocycles. The molecule has 0 radical (unpaired) electrons. The van der Waals surface area contributed by atoms with Crippen molar-refractivity contribution < 1.29 is 23.8 Å². The molecule has 1 aromatic heterocycles. The predicted octanol–water partition coefficient (Wildman–Crippen LogP) is 3.70. The first-order chi connectivity index (χ1) is 14.6. The van der Waals surface area contributed by atoms with E-state index in [0.29, 0.717) is 72.5 Å². The summed E-state index contributed by atoms with van der Waals surface area (Å²) in [6, 6.07) is 6.89. The Kier molecular flexibility index (Phi) is 6.08. The van der Waals surface area contributed by atoms with Gasteiger partial charge in [-0.25, -0.2) is 4.79 Å². The molecule has 8 heteroatoms. The van der Waals surface area contributed by atoms with Gasteiger partial charge in [0.05, 0.1) is 22.9 Å². The number of amides is 1. The number of hydrogen-bond donors (Lipinski definition) is 0. The summed E-state index contributed by atoms with van der Waals surface area (Å²) in [5.74, 6) is 0.867. The van der Waals surface area contributed by atoms with Gasteiger partial charge in [0, 0.05) is 30.8 Å². The van der Waals surface area contributed by atoms with Crippen molar-refractivity contribution in [3.05, 3.63) is 52.3 Å². The van der Waals surface area contributed by atoms with E-state index >= 15 is 0 Å². The first-order valence-corrected chi connectivity index (χ1v) is 10.5. The summed E-state index contributed by atoms with van der Waals surface area (Å²) >= 11 is 6.04. The number of hydrogen-bond acceptors (Lipinski definition) is 6. The van der Waals surface area contributed by atoms with Crippen LogP contribution in [0, 0.1) is 0 Å². The fraction of sp³-hybridized carbons (Fsp3) is 0.409. The Morgan fingerprint density at radius 2 is 1.90 bits per heavy atom. The number of halogens is 1. The quantitative estimate of drug-likeness (QED) is 0.688. The Hall–Kier alpha value is -2.80. The van der Waals surface area contributed by atoms with Crippen molar-refractivity contribution in [3.63, 3.8) is 0 Å². The van der Waals surface area contributed by atoms with Crippen LogP contribution in [0.2, 0.25) is 5.02 Å². The first kappa shape index (κ1) is 20.5. The zero-order chi connectivity index (χ0) is 21.1. The number of ether oxygens (including phenoxy) is 3. The maximum atomic E-state index is 13.0. The van der Waals surface area contributed by atoms with E-state index < -0.39 is 5.97 Å².